The van der Waals surface area contributed by atoms with Gasteiger partial charge in [0.15, 0.2) is 0 Å². The number of nitrogens with one attached hydrogen (secondary N) is 2. The van der Waals surface area contributed by atoms with E-state index in [1.165, 1.54) is 6.42 Å². The second-order valence-electron chi connectivity index (χ2n) is 8.08. The molecule has 0 unspecified atom stereocenters. The molecule has 6 nitrogen and oxygen atoms in total. The number of rotatable bonds is 10. The summed E-state index contributed by atoms with van der Waals surface area (Å²) in [6.45, 7) is 0.198. The van der Waals surface area contributed by atoms with Gasteiger partial charge in [0.2, 0.25) is 5.91 Å². The van der Waals surface area contributed by atoms with Gasteiger partial charge in [-0.15, -0.1) is 0 Å². The molecule has 0 saturated heterocycles. The molecule has 0 aliphatic heterocycles. The first-order valence-corrected chi connectivity index (χ1v) is 11.2. The topological polar surface area (TPSA) is 87.7 Å². The molecule has 0 atom stereocenters. The quantitative estimate of drug-likeness (QED) is 0.224. The second kappa shape index (κ2) is 12.1. The highest BCUT2D eigenvalue weighted by atomic mass is 16.5. The largest absolute Gasteiger partial charge is 0.488 e. The van der Waals surface area contributed by atoms with Crippen LogP contribution in [0.15, 0.2) is 54.1 Å². The third-order valence-corrected chi connectivity index (χ3v) is 5.74. The molecule has 31 heavy (non-hydrogen) atoms. The average Bonchev–Trinajstić information content (AvgIpc) is 2.81. The SMILES string of the molecule is O=C(CCCC/C=C(\COc1cccc2ccccc12)C(=O)NC1CCCCC1)NO. The Labute approximate surface area is 183 Å². The Hall–Kier alpha value is -2.86. The smallest absolute Gasteiger partial charge is 0.250 e. The van der Waals surface area contributed by atoms with Crippen molar-refractivity contribution in [3.63, 3.8) is 0 Å². The molecule has 1 fully saturated rings. The predicted octanol–water partition coefficient (Wildman–Crippen LogP) is 4.66. The van der Waals surface area contributed by atoms with E-state index in [4.69, 9.17) is 9.94 Å². The lowest BCUT2D eigenvalue weighted by molar-refractivity contribution is -0.129. The van der Waals surface area contributed by atoms with Crippen molar-refractivity contribution in [2.75, 3.05) is 6.61 Å². The lowest BCUT2D eigenvalue weighted by Gasteiger charge is -2.23. The predicted molar refractivity (Wildman–Crippen MR) is 121 cm³/mol. The molecule has 0 spiro atoms. The Balaban J connectivity index is 1.64. The van der Waals surface area contributed by atoms with E-state index in [1.54, 1.807) is 5.48 Å². The second-order valence-corrected chi connectivity index (χ2v) is 8.08. The number of hydroxylamine groups is 1. The van der Waals surface area contributed by atoms with Gasteiger partial charge in [0, 0.05) is 17.8 Å². The van der Waals surface area contributed by atoms with Crippen LogP contribution in [0.2, 0.25) is 0 Å². The number of fused-ring (bicyclic) bond motifs is 1. The molecule has 0 aromatic heterocycles. The maximum atomic E-state index is 13.0. The summed E-state index contributed by atoms with van der Waals surface area (Å²) in [5.41, 5.74) is 2.26. The number of benzene rings is 2. The van der Waals surface area contributed by atoms with Crippen LogP contribution in [0.5, 0.6) is 5.75 Å². The summed E-state index contributed by atoms with van der Waals surface area (Å²) in [4.78, 5) is 24.1. The van der Waals surface area contributed by atoms with Crippen LogP contribution in [0.25, 0.3) is 10.8 Å². The maximum Gasteiger partial charge on any atom is 0.250 e. The molecule has 1 aliphatic rings. The zero-order chi connectivity index (χ0) is 21.9. The van der Waals surface area contributed by atoms with Gasteiger partial charge in [-0.3, -0.25) is 14.8 Å². The van der Waals surface area contributed by atoms with E-state index in [9.17, 15) is 9.59 Å². The summed E-state index contributed by atoms with van der Waals surface area (Å²) in [5.74, 6) is 0.299. The van der Waals surface area contributed by atoms with Crippen LogP contribution < -0.4 is 15.5 Å². The molecule has 3 N–H and O–H groups in total. The molecule has 1 saturated carbocycles. The van der Waals surface area contributed by atoms with E-state index < -0.39 is 5.91 Å². The molecule has 6 heteroatoms. The van der Waals surface area contributed by atoms with Crippen molar-refractivity contribution < 1.29 is 19.5 Å². The summed E-state index contributed by atoms with van der Waals surface area (Å²) in [5, 5.41) is 13.9. The molecule has 0 bridgehead atoms. The number of hydrogen-bond donors (Lipinski definition) is 3. The molecule has 166 valence electrons. The molecule has 2 aromatic carbocycles. The number of allylic oxidation sites excluding steroid dienone is 1. The van der Waals surface area contributed by atoms with Crippen molar-refractivity contribution in [2.24, 2.45) is 0 Å². The molecule has 1 aliphatic carbocycles. The summed E-state index contributed by atoms with van der Waals surface area (Å²) < 4.78 is 6.08. The minimum atomic E-state index is -0.390. The lowest BCUT2D eigenvalue weighted by Crippen LogP contribution is -2.38. The Morgan fingerprint density at radius 2 is 1.81 bits per heavy atom. The minimum Gasteiger partial charge on any atom is -0.488 e. The molecule has 2 aromatic rings. The van der Waals surface area contributed by atoms with Crippen molar-refractivity contribution in [1.29, 1.82) is 0 Å². The van der Waals surface area contributed by atoms with Gasteiger partial charge in [-0.05, 0) is 43.6 Å². The lowest BCUT2D eigenvalue weighted by atomic mass is 9.95. The number of hydrogen-bond acceptors (Lipinski definition) is 4. The van der Waals surface area contributed by atoms with E-state index in [2.05, 4.69) is 5.32 Å². The zero-order valence-corrected chi connectivity index (χ0v) is 17.9. The van der Waals surface area contributed by atoms with Gasteiger partial charge < -0.3 is 10.1 Å². The van der Waals surface area contributed by atoms with Crippen LogP contribution in [0, 0.1) is 0 Å². The van der Waals surface area contributed by atoms with Gasteiger partial charge in [0.1, 0.15) is 12.4 Å². The maximum absolute atomic E-state index is 13.0. The van der Waals surface area contributed by atoms with Crippen LogP contribution in [-0.4, -0.2) is 29.7 Å². The van der Waals surface area contributed by atoms with Gasteiger partial charge in [0.05, 0.1) is 5.57 Å². The number of carbonyl (C=O) groups excluding carboxylic acids is 2. The van der Waals surface area contributed by atoms with E-state index in [-0.39, 0.29) is 25.0 Å². The molecule has 0 radical (unpaired) electrons. The van der Waals surface area contributed by atoms with Gasteiger partial charge in [-0.2, -0.15) is 0 Å². The number of amides is 2. The highest BCUT2D eigenvalue weighted by Crippen LogP contribution is 2.26. The zero-order valence-electron chi connectivity index (χ0n) is 17.9. The van der Waals surface area contributed by atoms with E-state index in [0.717, 1.165) is 48.6 Å². The normalized spacial score (nSPS) is 14.9. The summed E-state index contributed by atoms with van der Waals surface area (Å²) in [6.07, 6.45) is 9.85. The van der Waals surface area contributed by atoms with Gasteiger partial charge in [-0.25, -0.2) is 5.48 Å². The summed E-state index contributed by atoms with van der Waals surface area (Å²) in [7, 11) is 0. The molecular formula is C25H32N2O4. The monoisotopic (exact) mass is 424 g/mol. The van der Waals surface area contributed by atoms with Gasteiger partial charge >= 0.3 is 0 Å². The Morgan fingerprint density at radius 1 is 1.03 bits per heavy atom. The van der Waals surface area contributed by atoms with Crippen molar-refractivity contribution in [3.8, 4) is 5.75 Å². The number of unbranched alkanes of at least 4 members (excludes halogenated alkanes) is 2. The summed E-state index contributed by atoms with van der Waals surface area (Å²) in [6, 6.07) is 14.2. The first kappa shape index (κ1) is 22.8. The Bertz CT molecular complexity index is 898. The fraction of sp³-hybridized carbons (Fsp3) is 0.440. The highest BCUT2D eigenvalue weighted by Gasteiger charge is 2.18. The van der Waals surface area contributed by atoms with Crippen LogP contribution in [0.4, 0.5) is 0 Å². The molecule has 3 rings (SSSR count). The average molecular weight is 425 g/mol. The van der Waals surface area contributed by atoms with Crippen LogP contribution in [0.1, 0.15) is 57.8 Å². The Morgan fingerprint density at radius 3 is 2.61 bits per heavy atom. The van der Waals surface area contributed by atoms with Crippen LogP contribution in [0.3, 0.4) is 0 Å². The molecular weight excluding hydrogens is 392 g/mol. The minimum absolute atomic E-state index is 0.0692. The fourth-order valence-corrected chi connectivity index (χ4v) is 3.98. The molecule has 0 heterocycles. The first-order chi connectivity index (χ1) is 15.2. The van der Waals surface area contributed by atoms with Crippen molar-refractivity contribution >= 4 is 22.6 Å². The van der Waals surface area contributed by atoms with Crippen molar-refractivity contribution in [1.82, 2.24) is 10.8 Å². The van der Waals surface area contributed by atoms with Crippen molar-refractivity contribution in [3.05, 3.63) is 54.1 Å². The number of carbonyl (C=O) groups is 2. The van der Waals surface area contributed by atoms with Crippen molar-refractivity contribution in [2.45, 2.75) is 63.8 Å². The standard InChI is InChI=1S/C25H32N2O4/c28-24(27-30)17-6-1-3-11-20(25(29)26-21-13-4-2-5-14-21)18-31-23-16-9-12-19-10-7-8-15-22(19)23/h7-12,15-16,21,30H,1-6,13-14,17-18H2,(H,26,29)(H,27,28)/b20-11+. The van der Waals surface area contributed by atoms with Crippen LogP contribution >= 0.6 is 0 Å². The fourth-order valence-electron chi connectivity index (χ4n) is 3.98. The first-order valence-electron chi connectivity index (χ1n) is 11.2. The van der Waals surface area contributed by atoms with Gasteiger partial charge in [0.25, 0.3) is 5.91 Å². The molecule has 2 amide bonds. The third kappa shape index (κ3) is 7.10. The van der Waals surface area contributed by atoms with E-state index >= 15 is 0 Å². The summed E-state index contributed by atoms with van der Waals surface area (Å²) >= 11 is 0. The Kier molecular flexibility index (Phi) is 8.91. The van der Waals surface area contributed by atoms with Gasteiger partial charge in [-0.1, -0.05) is 61.7 Å². The van der Waals surface area contributed by atoms with E-state index in [1.807, 2.05) is 48.5 Å². The third-order valence-electron chi connectivity index (χ3n) is 5.74. The van der Waals surface area contributed by atoms with E-state index in [0.29, 0.717) is 18.4 Å². The van der Waals surface area contributed by atoms with Crippen LogP contribution in [-0.2, 0) is 9.59 Å². The highest BCUT2D eigenvalue weighted by molar-refractivity contribution is 5.94. The number of ether oxygens (including phenoxy) is 1.